The summed E-state index contributed by atoms with van der Waals surface area (Å²) in [5, 5.41) is 4.00. The lowest BCUT2D eigenvalue weighted by Crippen LogP contribution is -2.30. The molecule has 3 aromatic rings. The molecule has 6 nitrogen and oxygen atoms in total. The summed E-state index contributed by atoms with van der Waals surface area (Å²) in [6.45, 7) is 6.73. The Morgan fingerprint density at radius 2 is 1.93 bits per heavy atom. The normalized spacial score (nSPS) is 10.4. The van der Waals surface area contributed by atoms with Crippen LogP contribution in [-0.2, 0) is 6.54 Å². The monoisotopic (exact) mass is 363 g/mol. The Morgan fingerprint density at radius 3 is 2.59 bits per heavy atom. The van der Waals surface area contributed by atoms with Crippen LogP contribution >= 0.6 is 0 Å². The van der Waals surface area contributed by atoms with Gasteiger partial charge in [-0.2, -0.15) is 4.98 Å². The summed E-state index contributed by atoms with van der Waals surface area (Å²) in [6, 6.07) is 16.6. The molecule has 0 aliphatic heterocycles. The number of carbonyl (C=O) groups is 1. The molecule has 0 fully saturated rings. The topological polar surface area (TPSA) is 68.5 Å². The highest BCUT2D eigenvalue weighted by molar-refractivity contribution is 5.94. The summed E-state index contributed by atoms with van der Waals surface area (Å²) in [5.74, 6) is 1.50. The lowest BCUT2D eigenvalue weighted by Gasteiger charge is -2.19. The van der Waals surface area contributed by atoms with Gasteiger partial charge in [0, 0.05) is 17.7 Å². The number of rotatable bonds is 8. The molecular formula is C21H21N3O3. The molecule has 3 rings (SSSR count). The van der Waals surface area contributed by atoms with Crippen molar-refractivity contribution in [3.05, 3.63) is 78.7 Å². The average Bonchev–Trinajstić information content (AvgIpc) is 3.20. The number of hydrogen-bond acceptors (Lipinski definition) is 5. The Morgan fingerprint density at radius 1 is 1.19 bits per heavy atom. The second kappa shape index (κ2) is 8.80. The van der Waals surface area contributed by atoms with Gasteiger partial charge in [0.25, 0.3) is 5.91 Å². The van der Waals surface area contributed by atoms with E-state index in [1.807, 2.05) is 37.3 Å². The first-order chi connectivity index (χ1) is 13.2. The summed E-state index contributed by atoms with van der Waals surface area (Å²) in [6.07, 6.45) is 1.67. The Balaban J connectivity index is 1.69. The fraction of sp³-hybridized carbons (Fsp3) is 0.190. The molecule has 0 N–H and O–H groups in total. The molecule has 0 unspecified atom stereocenters. The molecule has 0 saturated heterocycles. The van der Waals surface area contributed by atoms with Crippen LogP contribution in [0, 0.1) is 0 Å². The lowest BCUT2D eigenvalue weighted by atomic mass is 10.2. The van der Waals surface area contributed by atoms with Gasteiger partial charge in [-0.3, -0.25) is 4.79 Å². The highest BCUT2D eigenvalue weighted by Gasteiger charge is 2.18. The van der Waals surface area contributed by atoms with Crippen molar-refractivity contribution in [1.29, 1.82) is 0 Å². The first-order valence-corrected chi connectivity index (χ1v) is 8.72. The molecule has 0 bridgehead atoms. The lowest BCUT2D eigenvalue weighted by molar-refractivity contribution is 0.0734. The molecule has 2 aromatic carbocycles. The molecule has 1 heterocycles. The minimum absolute atomic E-state index is 0.104. The van der Waals surface area contributed by atoms with Crippen molar-refractivity contribution >= 4 is 5.91 Å². The van der Waals surface area contributed by atoms with Gasteiger partial charge in [0.15, 0.2) is 0 Å². The van der Waals surface area contributed by atoms with Crippen molar-refractivity contribution < 1.29 is 14.1 Å². The summed E-state index contributed by atoms with van der Waals surface area (Å²) < 4.78 is 10.8. The molecule has 1 aromatic heterocycles. The fourth-order valence-corrected chi connectivity index (χ4v) is 2.55. The van der Waals surface area contributed by atoms with Gasteiger partial charge in [-0.15, -0.1) is 0 Å². The standard InChI is InChI=1S/C21H21N3O3/c1-3-14-26-18-12-10-17(11-13-18)21(25)24(4-2)15-19-22-20(23-27-19)16-8-6-5-7-9-16/h3,5-13H,1,4,14-15H2,2H3. The number of carbonyl (C=O) groups excluding carboxylic acids is 1. The zero-order chi connectivity index (χ0) is 19.1. The van der Waals surface area contributed by atoms with Gasteiger partial charge < -0.3 is 14.2 Å². The molecule has 6 heteroatoms. The second-order valence-electron chi connectivity index (χ2n) is 5.82. The largest absolute Gasteiger partial charge is 0.490 e. The van der Waals surface area contributed by atoms with Crippen molar-refractivity contribution in [2.45, 2.75) is 13.5 Å². The third-order valence-corrected chi connectivity index (χ3v) is 3.96. The molecule has 0 atom stereocenters. The van der Waals surface area contributed by atoms with E-state index in [0.717, 1.165) is 5.56 Å². The molecule has 0 aliphatic rings. The molecule has 0 aliphatic carbocycles. The predicted molar refractivity (Wildman–Crippen MR) is 102 cm³/mol. The highest BCUT2D eigenvalue weighted by Crippen LogP contribution is 2.17. The van der Waals surface area contributed by atoms with Gasteiger partial charge in [-0.1, -0.05) is 48.1 Å². The van der Waals surface area contributed by atoms with Crippen LogP contribution in [0.1, 0.15) is 23.2 Å². The number of amides is 1. The number of nitrogens with zero attached hydrogens (tertiary/aromatic N) is 3. The Bertz CT molecular complexity index is 889. The smallest absolute Gasteiger partial charge is 0.254 e. The van der Waals surface area contributed by atoms with E-state index in [9.17, 15) is 4.79 Å². The Hall–Kier alpha value is -3.41. The maximum atomic E-state index is 12.8. The summed E-state index contributed by atoms with van der Waals surface area (Å²) >= 11 is 0. The molecule has 27 heavy (non-hydrogen) atoms. The van der Waals surface area contributed by atoms with Crippen LogP contribution in [0.3, 0.4) is 0 Å². The molecule has 1 amide bonds. The highest BCUT2D eigenvalue weighted by atomic mass is 16.5. The van der Waals surface area contributed by atoms with E-state index >= 15 is 0 Å². The van der Waals surface area contributed by atoms with Crippen LogP contribution in [0.5, 0.6) is 5.75 Å². The van der Waals surface area contributed by atoms with Crippen molar-refractivity contribution in [2.24, 2.45) is 0 Å². The first kappa shape index (κ1) is 18.4. The third-order valence-electron chi connectivity index (χ3n) is 3.96. The van der Waals surface area contributed by atoms with Crippen LogP contribution in [0.15, 0.2) is 71.8 Å². The zero-order valence-electron chi connectivity index (χ0n) is 15.2. The maximum absolute atomic E-state index is 12.8. The third kappa shape index (κ3) is 4.61. The number of ether oxygens (including phenoxy) is 1. The van der Waals surface area contributed by atoms with Crippen molar-refractivity contribution in [1.82, 2.24) is 15.0 Å². The average molecular weight is 363 g/mol. The van der Waals surface area contributed by atoms with Crippen molar-refractivity contribution in [2.75, 3.05) is 13.2 Å². The van der Waals surface area contributed by atoms with Crippen LogP contribution in [0.4, 0.5) is 0 Å². The summed E-state index contributed by atoms with van der Waals surface area (Å²) in [7, 11) is 0. The molecule has 0 spiro atoms. The van der Waals surface area contributed by atoms with E-state index in [-0.39, 0.29) is 12.5 Å². The fourth-order valence-electron chi connectivity index (χ4n) is 2.55. The van der Waals surface area contributed by atoms with Crippen molar-refractivity contribution in [3.63, 3.8) is 0 Å². The van der Waals surface area contributed by atoms with Crippen LogP contribution in [0.25, 0.3) is 11.4 Å². The van der Waals surface area contributed by atoms with E-state index in [2.05, 4.69) is 16.7 Å². The van der Waals surface area contributed by atoms with E-state index in [1.54, 1.807) is 35.2 Å². The van der Waals surface area contributed by atoms with E-state index in [1.165, 1.54) is 0 Å². The molecule has 138 valence electrons. The molecule has 0 saturated carbocycles. The van der Waals surface area contributed by atoms with Gasteiger partial charge in [0.05, 0.1) is 0 Å². The summed E-state index contributed by atoms with van der Waals surface area (Å²) in [5.41, 5.74) is 1.45. The molecule has 0 radical (unpaired) electrons. The van der Waals surface area contributed by atoms with Gasteiger partial charge in [-0.25, -0.2) is 0 Å². The van der Waals surface area contributed by atoms with Gasteiger partial charge in [-0.05, 0) is 31.2 Å². The maximum Gasteiger partial charge on any atom is 0.254 e. The minimum Gasteiger partial charge on any atom is -0.490 e. The minimum atomic E-state index is -0.104. The van der Waals surface area contributed by atoms with E-state index in [4.69, 9.17) is 9.26 Å². The van der Waals surface area contributed by atoms with Crippen molar-refractivity contribution in [3.8, 4) is 17.1 Å². The van der Waals surface area contributed by atoms with Crippen LogP contribution < -0.4 is 4.74 Å². The van der Waals surface area contributed by atoms with E-state index in [0.29, 0.717) is 36.2 Å². The first-order valence-electron chi connectivity index (χ1n) is 8.72. The Kier molecular flexibility index (Phi) is 5.99. The second-order valence-corrected chi connectivity index (χ2v) is 5.82. The Labute approximate surface area is 158 Å². The number of hydrogen-bond donors (Lipinski definition) is 0. The summed E-state index contributed by atoms with van der Waals surface area (Å²) in [4.78, 5) is 18.8. The predicted octanol–water partition coefficient (Wildman–Crippen LogP) is 3.96. The van der Waals surface area contributed by atoms with E-state index < -0.39 is 0 Å². The number of aromatic nitrogens is 2. The number of benzene rings is 2. The van der Waals surface area contributed by atoms with Gasteiger partial charge >= 0.3 is 0 Å². The molecular weight excluding hydrogens is 342 g/mol. The quantitative estimate of drug-likeness (QED) is 0.567. The van der Waals surface area contributed by atoms with Gasteiger partial charge in [0.2, 0.25) is 11.7 Å². The SMILES string of the molecule is C=CCOc1ccc(C(=O)N(CC)Cc2nc(-c3ccccc3)no2)cc1. The van der Waals surface area contributed by atoms with Gasteiger partial charge in [0.1, 0.15) is 18.9 Å². The zero-order valence-corrected chi connectivity index (χ0v) is 15.2. The van der Waals surface area contributed by atoms with Crippen LogP contribution in [-0.4, -0.2) is 34.1 Å². The van der Waals surface area contributed by atoms with Crippen LogP contribution in [0.2, 0.25) is 0 Å².